The van der Waals surface area contributed by atoms with Gasteiger partial charge in [-0.15, -0.1) is 24.0 Å². The van der Waals surface area contributed by atoms with E-state index in [0.717, 1.165) is 11.2 Å². The number of rotatable bonds is 1. The van der Waals surface area contributed by atoms with Crippen LogP contribution in [0.2, 0.25) is 0 Å². The fourth-order valence-electron chi connectivity index (χ4n) is 0.617. The number of nitrogens with one attached hydrogen (secondary N) is 1. The molecule has 0 radical (unpaired) electrons. The Balaban J connectivity index is 0.000000810. The zero-order valence-electron chi connectivity index (χ0n) is 6.26. The maximum atomic E-state index is 4.06. The third-order valence-corrected chi connectivity index (χ3v) is 1.99. The Bertz CT molecular complexity index is 123. The molecule has 0 spiro atoms. The summed E-state index contributed by atoms with van der Waals surface area (Å²) in [6, 6.07) is 0.733. The third kappa shape index (κ3) is 3.65. The Morgan fingerprint density at radius 1 is 1.60 bits per heavy atom. The average molecular weight is 272 g/mol. The van der Waals surface area contributed by atoms with Gasteiger partial charge in [-0.1, -0.05) is 11.8 Å². The first kappa shape index (κ1) is 10.6. The molecule has 1 aliphatic rings. The Kier molecular flexibility index (Phi) is 5.52. The molecule has 0 saturated heterocycles. The Morgan fingerprint density at radius 3 is 2.50 bits per heavy atom. The van der Waals surface area contributed by atoms with E-state index in [4.69, 9.17) is 0 Å². The second-order valence-electron chi connectivity index (χ2n) is 2.15. The average Bonchev–Trinajstić information content (AvgIpc) is 2.66. The van der Waals surface area contributed by atoms with Crippen molar-refractivity contribution in [2.24, 2.45) is 4.99 Å². The molecule has 0 bridgehead atoms. The van der Waals surface area contributed by atoms with Crippen molar-refractivity contribution in [1.82, 2.24) is 5.32 Å². The van der Waals surface area contributed by atoms with Crippen molar-refractivity contribution in [3.8, 4) is 0 Å². The van der Waals surface area contributed by atoms with E-state index < -0.39 is 0 Å². The number of thioether (sulfide) groups is 1. The van der Waals surface area contributed by atoms with E-state index in [1.54, 1.807) is 11.8 Å². The van der Waals surface area contributed by atoms with Crippen LogP contribution in [-0.4, -0.2) is 24.5 Å². The molecule has 0 unspecified atom stereocenters. The van der Waals surface area contributed by atoms with Crippen LogP contribution < -0.4 is 5.32 Å². The van der Waals surface area contributed by atoms with Crippen LogP contribution in [0, 0.1) is 0 Å². The molecule has 0 aromatic carbocycles. The summed E-state index contributed by atoms with van der Waals surface area (Å²) in [4.78, 5) is 4.06. The van der Waals surface area contributed by atoms with E-state index in [-0.39, 0.29) is 24.0 Å². The maximum Gasteiger partial charge on any atom is 0.156 e. The van der Waals surface area contributed by atoms with Crippen LogP contribution in [0.4, 0.5) is 0 Å². The minimum absolute atomic E-state index is 0. The van der Waals surface area contributed by atoms with Crippen LogP contribution in [0.15, 0.2) is 4.99 Å². The molecule has 60 valence electrons. The van der Waals surface area contributed by atoms with E-state index in [1.807, 2.05) is 13.3 Å². The molecule has 0 atom stereocenters. The fourth-order valence-corrected chi connectivity index (χ4v) is 1.08. The normalized spacial score (nSPS) is 18.0. The first-order valence-corrected chi connectivity index (χ1v) is 4.36. The summed E-state index contributed by atoms with van der Waals surface area (Å²) in [5.41, 5.74) is 0. The molecule has 10 heavy (non-hydrogen) atoms. The molecule has 0 aromatic heterocycles. The second-order valence-corrected chi connectivity index (χ2v) is 2.95. The molecule has 0 aromatic rings. The highest BCUT2D eigenvalue weighted by Gasteiger charge is 2.21. The molecule has 4 heteroatoms. The highest BCUT2D eigenvalue weighted by atomic mass is 127. The highest BCUT2D eigenvalue weighted by Crippen LogP contribution is 2.19. The van der Waals surface area contributed by atoms with Gasteiger partial charge in [0.2, 0.25) is 0 Å². The van der Waals surface area contributed by atoms with Crippen LogP contribution in [-0.2, 0) is 0 Å². The van der Waals surface area contributed by atoms with Crippen molar-refractivity contribution in [2.75, 3.05) is 13.3 Å². The van der Waals surface area contributed by atoms with Gasteiger partial charge in [0.05, 0.1) is 0 Å². The van der Waals surface area contributed by atoms with Crippen molar-refractivity contribution in [3.63, 3.8) is 0 Å². The Morgan fingerprint density at radius 2 is 2.20 bits per heavy atom. The van der Waals surface area contributed by atoms with Gasteiger partial charge >= 0.3 is 0 Å². The molecule has 1 N–H and O–H groups in total. The molecule has 1 rings (SSSR count). The van der Waals surface area contributed by atoms with Crippen LogP contribution in [0.3, 0.4) is 0 Å². The number of hydrogen-bond acceptors (Lipinski definition) is 2. The Hall–Kier alpha value is 0.550. The minimum Gasteiger partial charge on any atom is -0.362 e. The van der Waals surface area contributed by atoms with E-state index >= 15 is 0 Å². The summed E-state index contributed by atoms with van der Waals surface area (Å²) in [6.07, 6.45) is 4.68. The Labute approximate surface area is 83.3 Å². The van der Waals surface area contributed by atoms with Crippen molar-refractivity contribution in [3.05, 3.63) is 0 Å². The maximum absolute atomic E-state index is 4.06. The number of nitrogens with zero attached hydrogens (tertiary/aromatic N) is 1. The van der Waals surface area contributed by atoms with Gasteiger partial charge < -0.3 is 5.32 Å². The topological polar surface area (TPSA) is 24.4 Å². The lowest BCUT2D eigenvalue weighted by Gasteiger charge is -2.02. The summed E-state index contributed by atoms with van der Waals surface area (Å²) in [5.74, 6) is 0. The second kappa shape index (κ2) is 5.23. The van der Waals surface area contributed by atoms with E-state index in [0.29, 0.717) is 0 Å². The van der Waals surface area contributed by atoms with Gasteiger partial charge in [-0.3, -0.25) is 4.99 Å². The summed E-state index contributed by atoms with van der Waals surface area (Å²) < 4.78 is 0. The van der Waals surface area contributed by atoms with Crippen molar-refractivity contribution < 1.29 is 0 Å². The number of hydrogen-bond donors (Lipinski definition) is 1. The number of amidine groups is 1. The monoisotopic (exact) mass is 272 g/mol. The molecule has 0 heterocycles. The lowest BCUT2D eigenvalue weighted by Crippen LogP contribution is -2.21. The third-order valence-electron chi connectivity index (χ3n) is 1.30. The summed E-state index contributed by atoms with van der Waals surface area (Å²) in [5, 5.41) is 4.37. The number of aliphatic imine (C=N–C) groups is 1. The zero-order valence-corrected chi connectivity index (χ0v) is 9.40. The zero-order chi connectivity index (χ0) is 6.69. The van der Waals surface area contributed by atoms with Crippen molar-refractivity contribution in [2.45, 2.75) is 18.9 Å². The standard InChI is InChI=1S/C6H12N2S.HI/c1-7-6(9-2)8-5-3-4-5;/h5H,3-4H2,1-2H3,(H,7,8);1H. The molecule has 0 amide bonds. The van der Waals surface area contributed by atoms with Gasteiger partial charge in [0.15, 0.2) is 5.17 Å². The smallest absolute Gasteiger partial charge is 0.156 e. The lowest BCUT2D eigenvalue weighted by atomic mass is 10.7. The predicted molar refractivity (Wildman–Crippen MR) is 58.4 cm³/mol. The highest BCUT2D eigenvalue weighted by molar-refractivity contribution is 14.0. The van der Waals surface area contributed by atoms with Gasteiger partial charge in [0.25, 0.3) is 0 Å². The molecule has 1 aliphatic carbocycles. The van der Waals surface area contributed by atoms with Crippen molar-refractivity contribution >= 4 is 40.9 Å². The van der Waals surface area contributed by atoms with E-state index in [1.165, 1.54) is 12.8 Å². The summed E-state index contributed by atoms with van der Waals surface area (Å²) >= 11 is 1.68. The largest absolute Gasteiger partial charge is 0.362 e. The quantitative estimate of drug-likeness (QED) is 0.446. The molecule has 2 nitrogen and oxygen atoms in total. The van der Waals surface area contributed by atoms with E-state index in [2.05, 4.69) is 10.3 Å². The van der Waals surface area contributed by atoms with Gasteiger partial charge in [0, 0.05) is 13.1 Å². The summed E-state index contributed by atoms with van der Waals surface area (Å²) in [6.45, 7) is 0. The van der Waals surface area contributed by atoms with Crippen LogP contribution >= 0.6 is 35.7 Å². The van der Waals surface area contributed by atoms with Crippen molar-refractivity contribution in [1.29, 1.82) is 0 Å². The first-order valence-electron chi connectivity index (χ1n) is 3.14. The molecular formula is C6H13IN2S. The minimum atomic E-state index is 0. The fraction of sp³-hybridized carbons (Fsp3) is 0.833. The van der Waals surface area contributed by atoms with Gasteiger partial charge in [-0.05, 0) is 19.1 Å². The van der Waals surface area contributed by atoms with Crippen LogP contribution in [0.25, 0.3) is 0 Å². The number of halogens is 1. The SMILES string of the molecule is CN=C(NC1CC1)SC.I. The van der Waals surface area contributed by atoms with Gasteiger partial charge in [-0.2, -0.15) is 0 Å². The van der Waals surface area contributed by atoms with Crippen LogP contribution in [0.1, 0.15) is 12.8 Å². The first-order chi connectivity index (χ1) is 4.36. The van der Waals surface area contributed by atoms with E-state index in [9.17, 15) is 0 Å². The summed E-state index contributed by atoms with van der Waals surface area (Å²) in [7, 11) is 1.82. The molecule has 0 aliphatic heterocycles. The molecule has 1 fully saturated rings. The van der Waals surface area contributed by atoms with Crippen LogP contribution in [0.5, 0.6) is 0 Å². The predicted octanol–water partition coefficient (Wildman–Crippen LogP) is 1.71. The molecular weight excluding hydrogens is 259 g/mol. The molecule has 1 saturated carbocycles. The lowest BCUT2D eigenvalue weighted by molar-refractivity contribution is 0.919. The van der Waals surface area contributed by atoms with Gasteiger partial charge in [0.1, 0.15) is 0 Å². The van der Waals surface area contributed by atoms with Gasteiger partial charge in [-0.25, -0.2) is 0 Å².